The average Bonchev–Trinajstić information content (AvgIpc) is 3.62. The normalized spacial score (nSPS) is 26.3. The standard InChI is InChI=1S/C31H50N2O8S/c1-5-6-7-8-9-10-11-14-21-37-27-26(39-29-28(27)40-31(3,4)41-29)25(22-33-19-12-13-20-33)38-30(34)32-42(35,36)24-17-15-23(2)16-18-24/h15-18,25-29H,5-14,19-22H2,1-4H3,(H,32,34)/t25-,26-,27+,28-,29-/m1/s1. The van der Waals surface area contributed by atoms with Crippen molar-refractivity contribution < 1.29 is 36.9 Å². The zero-order chi connectivity index (χ0) is 30.2. The van der Waals surface area contributed by atoms with Gasteiger partial charge in [-0.05, 0) is 65.3 Å². The number of carbonyl (C=O) groups is 1. The topological polar surface area (TPSA) is 113 Å². The molecule has 1 amide bonds. The number of sulfonamides is 1. The molecule has 11 heteroatoms. The molecule has 0 unspecified atom stereocenters. The molecule has 3 aliphatic heterocycles. The molecule has 238 valence electrons. The van der Waals surface area contributed by atoms with Crippen LogP contribution in [0.25, 0.3) is 0 Å². The molecule has 0 bridgehead atoms. The van der Waals surface area contributed by atoms with Gasteiger partial charge in [0.1, 0.15) is 24.4 Å². The van der Waals surface area contributed by atoms with Gasteiger partial charge in [0, 0.05) is 13.2 Å². The van der Waals surface area contributed by atoms with Crippen LogP contribution < -0.4 is 4.72 Å². The van der Waals surface area contributed by atoms with Gasteiger partial charge in [-0.15, -0.1) is 0 Å². The minimum atomic E-state index is -4.11. The number of ether oxygens (including phenoxy) is 5. The number of carbonyl (C=O) groups excluding carboxylic acids is 1. The molecular weight excluding hydrogens is 560 g/mol. The number of amides is 1. The molecule has 1 N–H and O–H groups in total. The van der Waals surface area contributed by atoms with E-state index >= 15 is 0 Å². The van der Waals surface area contributed by atoms with Crippen LogP contribution in [-0.2, 0) is 33.7 Å². The fourth-order valence-electron chi connectivity index (χ4n) is 5.92. The van der Waals surface area contributed by atoms with Crippen molar-refractivity contribution in [1.29, 1.82) is 0 Å². The Labute approximate surface area is 251 Å². The van der Waals surface area contributed by atoms with Gasteiger partial charge in [0.15, 0.2) is 12.1 Å². The summed E-state index contributed by atoms with van der Waals surface area (Å²) in [5, 5.41) is 0. The molecule has 4 rings (SSSR count). The summed E-state index contributed by atoms with van der Waals surface area (Å²) in [6.07, 6.45) is 7.40. The van der Waals surface area contributed by atoms with E-state index in [2.05, 4.69) is 16.5 Å². The van der Waals surface area contributed by atoms with Crippen LogP contribution in [-0.4, -0.2) is 82.1 Å². The number of likely N-dealkylation sites (tertiary alicyclic amines) is 1. The maximum absolute atomic E-state index is 13.0. The fourth-order valence-corrected chi connectivity index (χ4v) is 6.80. The number of benzene rings is 1. The predicted octanol–water partition coefficient (Wildman–Crippen LogP) is 5.28. The SMILES string of the molecule is CCCCCCCCCCO[C@@H]1[C@H]2OC(C)(C)O[C@H]2O[C@@H]1[C@@H](CN1CCCC1)OC(=O)NS(=O)(=O)c1ccc(C)cc1. The molecule has 1 aromatic carbocycles. The first-order chi connectivity index (χ1) is 20.1. The Morgan fingerprint density at radius 2 is 1.67 bits per heavy atom. The number of hydrogen-bond donors (Lipinski definition) is 1. The zero-order valence-electron chi connectivity index (χ0n) is 25.7. The lowest BCUT2D eigenvalue weighted by Gasteiger charge is -2.32. The largest absolute Gasteiger partial charge is 0.441 e. The van der Waals surface area contributed by atoms with E-state index in [0.717, 1.165) is 44.3 Å². The number of nitrogens with zero attached hydrogens (tertiary/aromatic N) is 1. The minimum absolute atomic E-state index is 0.0107. The Hall–Kier alpha value is -1.76. The zero-order valence-corrected chi connectivity index (χ0v) is 26.5. The van der Waals surface area contributed by atoms with Crippen LogP contribution in [0.3, 0.4) is 0 Å². The molecule has 3 aliphatic rings. The molecule has 3 fully saturated rings. The highest BCUT2D eigenvalue weighted by atomic mass is 32.2. The predicted molar refractivity (Wildman–Crippen MR) is 158 cm³/mol. The van der Waals surface area contributed by atoms with Crippen LogP contribution >= 0.6 is 0 Å². The quantitative estimate of drug-likeness (QED) is 0.250. The second-order valence-electron chi connectivity index (χ2n) is 12.2. The van der Waals surface area contributed by atoms with Crippen molar-refractivity contribution in [3.8, 4) is 0 Å². The lowest BCUT2D eigenvalue weighted by Crippen LogP contribution is -2.50. The van der Waals surface area contributed by atoms with Gasteiger partial charge in [0.25, 0.3) is 10.0 Å². The lowest BCUT2D eigenvalue weighted by molar-refractivity contribution is -0.230. The molecule has 3 saturated heterocycles. The fraction of sp³-hybridized carbons (Fsp3) is 0.774. The van der Waals surface area contributed by atoms with Crippen molar-refractivity contribution in [3.63, 3.8) is 0 Å². The highest BCUT2D eigenvalue weighted by molar-refractivity contribution is 7.90. The van der Waals surface area contributed by atoms with Crippen molar-refractivity contribution in [2.75, 3.05) is 26.2 Å². The molecule has 1 aromatic rings. The van der Waals surface area contributed by atoms with E-state index in [4.69, 9.17) is 23.7 Å². The molecule has 0 aromatic heterocycles. The van der Waals surface area contributed by atoms with Crippen LogP contribution in [0.1, 0.15) is 90.5 Å². The van der Waals surface area contributed by atoms with Crippen LogP contribution in [0, 0.1) is 6.92 Å². The van der Waals surface area contributed by atoms with Gasteiger partial charge in [-0.2, -0.15) is 0 Å². The highest BCUT2D eigenvalue weighted by Crippen LogP contribution is 2.40. The van der Waals surface area contributed by atoms with Crippen LogP contribution in [0.15, 0.2) is 29.2 Å². The van der Waals surface area contributed by atoms with E-state index in [1.54, 1.807) is 12.1 Å². The van der Waals surface area contributed by atoms with E-state index in [-0.39, 0.29) is 4.90 Å². The van der Waals surface area contributed by atoms with E-state index < -0.39 is 52.6 Å². The molecule has 0 aliphatic carbocycles. The molecule has 0 spiro atoms. The summed E-state index contributed by atoms with van der Waals surface area (Å²) >= 11 is 0. The van der Waals surface area contributed by atoms with E-state index in [0.29, 0.717) is 13.2 Å². The number of hydrogen-bond acceptors (Lipinski definition) is 9. The van der Waals surface area contributed by atoms with E-state index in [9.17, 15) is 13.2 Å². The Balaban J connectivity index is 1.41. The number of fused-ring (bicyclic) bond motifs is 1. The Morgan fingerprint density at radius 1 is 1.02 bits per heavy atom. The first-order valence-electron chi connectivity index (χ1n) is 15.7. The number of unbranched alkanes of at least 4 members (excludes halogenated alkanes) is 7. The van der Waals surface area contributed by atoms with Crippen LogP contribution in [0.4, 0.5) is 4.79 Å². The van der Waals surface area contributed by atoms with Gasteiger partial charge in [0.05, 0.1) is 4.90 Å². The van der Waals surface area contributed by atoms with Gasteiger partial charge in [-0.25, -0.2) is 17.9 Å². The summed E-state index contributed by atoms with van der Waals surface area (Å²) in [6, 6.07) is 6.27. The van der Waals surface area contributed by atoms with E-state index in [1.807, 2.05) is 20.8 Å². The van der Waals surface area contributed by atoms with E-state index in [1.165, 1.54) is 50.7 Å². The third-order valence-electron chi connectivity index (χ3n) is 8.15. The molecule has 10 nitrogen and oxygen atoms in total. The van der Waals surface area contributed by atoms with Crippen molar-refractivity contribution in [1.82, 2.24) is 9.62 Å². The molecule has 0 saturated carbocycles. The molecule has 3 heterocycles. The minimum Gasteiger partial charge on any atom is -0.441 e. The highest BCUT2D eigenvalue weighted by Gasteiger charge is 2.58. The molecule has 5 atom stereocenters. The Morgan fingerprint density at radius 3 is 2.33 bits per heavy atom. The van der Waals surface area contributed by atoms with Crippen molar-refractivity contribution in [2.24, 2.45) is 0 Å². The molecular formula is C31H50N2O8S. The third kappa shape index (κ3) is 9.37. The summed E-state index contributed by atoms with van der Waals surface area (Å²) < 4.78 is 58.6. The lowest BCUT2D eigenvalue weighted by atomic mass is 10.0. The first kappa shape index (κ1) is 33.1. The smallest absolute Gasteiger partial charge is 0.421 e. The summed E-state index contributed by atoms with van der Waals surface area (Å²) in [6.45, 7) is 10.4. The Bertz CT molecular complexity index is 1090. The second kappa shape index (κ2) is 15.3. The maximum atomic E-state index is 13.0. The van der Waals surface area contributed by atoms with Gasteiger partial charge in [0.2, 0.25) is 0 Å². The van der Waals surface area contributed by atoms with Gasteiger partial charge >= 0.3 is 6.09 Å². The third-order valence-corrected chi connectivity index (χ3v) is 9.47. The number of rotatable bonds is 16. The van der Waals surface area contributed by atoms with Gasteiger partial charge in [-0.1, -0.05) is 69.6 Å². The summed E-state index contributed by atoms with van der Waals surface area (Å²) in [5.74, 6) is -0.828. The first-order valence-corrected chi connectivity index (χ1v) is 17.2. The monoisotopic (exact) mass is 610 g/mol. The summed E-state index contributed by atoms with van der Waals surface area (Å²) in [4.78, 5) is 15.2. The summed E-state index contributed by atoms with van der Waals surface area (Å²) in [5.41, 5.74) is 0.914. The number of aryl methyl sites for hydroxylation is 1. The molecule has 0 radical (unpaired) electrons. The van der Waals surface area contributed by atoms with Gasteiger partial charge in [-0.3, -0.25) is 4.90 Å². The Kier molecular flexibility index (Phi) is 12.1. The van der Waals surface area contributed by atoms with Crippen molar-refractivity contribution in [3.05, 3.63) is 29.8 Å². The molecule has 42 heavy (non-hydrogen) atoms. The van der Waals surface area contributed by atoms with Crippen molar-refractivity contribution >= 4 is 16.1 Å². The van der Waals surface area contributed by atoms with Crippen molar-refractivity contribution in [2.45, 2.75) is 133 Å². The average molecular weight is 611 g/mol. The van der Waals surface area contributed by atoms with Crippen LogP contribution in [0.2, 0.25) is 0 Å². The van der Waals surface area contributed by atoms with Crippen LogP contribution in [0.5, 0.6) is 0 Å². The number of nitrogens with one attached hydrogen (secondary N) is 1. The van der Waals surface area contributed by atoms with Gasteiger partial charge < -0.3 is 23.7 Å². The maximum Gasteiger partial charge on any atom is 0.421 e. The second-order valence-corrected chi connectivity index (χ2v) is 13.9. The summed E-state index contributed by atoms with van der Waals surface area (Å²) in [7, 11) is -4.11.